The number of imidazole rings is 1. The molecule has 0 aliphatic rings. The second kappa shape index (κ2) is 5.60. The summed E-state index contributed by atoms with van der Waals surface area (Å²) in [5.74, 6) is 0.412. The predicted molar refractivity (Wildman–Crippen MR) is 76.6 cm³/mol. The summed E-state index contributed by atoms with van der Waals surface area (Å²) in [5, 5.41) is 5.27. The summed E-state index contributed by atoms with van der Waals surface area (Å²) in [6.45, 7) is 1.20. The van der Waals surface area contributed by atoms with Crippen LogP contribution in [0.1, 0.15) is 11.3 Å². The van der Waals surface area contributed by atoms with E-state index in [0.717, 1.165) is 16.2 Å². The van der Waals surface area contributed by atoms with Crippen molar-refractivity contribution in [3.63, 3.8) is 0 Å². The number of benzene rings is 1. The summed E-state index contributed by atoms with van der Waals surface area (Å²) < 4.78 is 20.4. The first kappa shape index (κ1) is 13.1. The van der Waals surface area contributed by atoms with Gasteiger partial charge >= 0.3 is 0 Å². The van der Waals surface area contributed by atoms with Gasteiger partial charge < -0.3 is 10.1 Å². The van der Waals surface area contributed by atoms with Crippen molar-refractivity contribution in [1.82, 2.24) is 14.7 Å². The van der Waals surface area contributed by atoms with Gasteiger partial charge in [-0.05, 0) is 17.7 Å². The first-order valence-electron chi connectivity index (χ1n) is 6.21. The van der Waals surface area contributed by atoms with Crippen LogP contribution in [-0.4, -0.2) is 16.5 Å². The van der Waals surface area contributed by atoms with E-state index in [9.17, 15) is 4.39 Å². The van der Waals surface area contributed by atoms with Crippen LogP contribution in [-0.2, 0) is 13.1 Å². The fourth-order valence-electron chi connectivity index (χ4n) is 2.11. The SMILES string of the molecule is COc1nc2sccn2c1CNCc1cccc(F)c1. The monoisotopic (exact) mass is 291 g/mol. The number of nitrogens with zero attached hydrogens (tertiary/aromatic N) is 2. The molecule has 20 heavy (non-hydrogen) atoms. The molecule has 0 bridgehead atoms. The summed E-state index contributed by atoms with van der Waals surface area (Å²) in [6.07, 6.45) is 1.97. The normalized spacial score (nSPS) is 11.1. The average Bonchev–Trinajstić information content (AvgIpc) is 3.00. The molecule has 0 amide bonds. The molecule has 1 aromatic carbocycles. The van der Waals surface area contributed by atoms with Gasteiger partial charge in [0.15, 0.2) is 4.96 Å². The Morgan fingerprint density at radius 1 is 1.40 bits per heavy atom. The second-order valence-corrected chi connectivity index (χ2v) is 5.23. The van der Waals surface area contributed by atoms with E-state index in [-0.39, 0.29) is 5.82 Å². The van der Waals surface area contributed by atoms with Crippen molar-refractivity contribution >= 4 is 16.3 Å². The van der Waals surface area contributed by atoms with Crippen LogP contribution in [0.25, 0.3) is 4.96 Å². The zero-order chi connectivity index (χ0) is 13.9. The van der Waals surface area contributed by atoms with E-state index in [1.54, 1.807) is 24.5 Å². The van der Waals surface area contributed by atoms with Crippen molar-refractivity contribution in [1.29, 1.82) is 0 Å². The fraction of sp³-hybridized carbons (Fsp3) is 0.214. The van der Waals surface area contributed by atoms with Crippen LogP contribution in [0, 0.1) is 5.82 Å². The summed E-state index contributed by atoms with van der Waals surface area (Å²) in [7, 11) is 1.61. The standard InChI is InChI=1S/C14H14FN3OS/c1-19-13-12(18-5-6-20-14(18)17-13)9-16-8-10-3-2-4-11(15)7-10/h2-7,16H,8-9H2,1H3. The summed E-state index contributed by atoms with van der Waals surface area (Å²) in [5.41, 5.74) is 1.88. The first-order valence-corrected chi connectivity index (χ1v) is 7.09. The first-order chi connectivity index (χ1) is 9.78. The number of ether oxygens (including phenoxy) is 1. The predicted octanol–water partition coefficient (Wildman–Crippen LogP) is 2.83. The number of aromatic nitrogens is 2. The summed E-state index contributed by atoms with van der Waals surface area (Å²) in [6, 6.07) is 6.58. The van der Waals surface area contributed by atoms with Gasteiger partial charge in [-0.15, -0.1) is 11.3 Å². The maximum absolute atomic E-state index is 13.1. The third-order valence-electron chi connectivity index (χ3n) is 3.03. The van der Waals surface area contributed by atoms with Crippen molar-refractivity contribution in [2.45, 2.75) is 13.1 Å². The van der Waals surface area contributed by atoms with E-state index in [1.807, 2.05) is 22.0 Å². The number of methoxy groups -OCH3 is 1. The smallest absolute Gasteiger partial charge is 0.237 e. The molecule has 3 rings (SSSR count). The molecule has 0 unspecified atom stereocenters. The highest BCUT2D eigenvalue weighted by molar-refractivity contribution is 7.15. The summed E-state index contributed by atoms with van der Waals surface area (Å²) in [4.78, 5) is 5.30. The van der Waals surface area contributed by atoms with Crippen molar-refractivity contribution < 1.29 is 9.13 Å². The molecule has 3 aromatic rings. The number of fused-ring (bicyclic) bond motifs is 1. The molecule has 2 heterocycles. The van der Waals surface area contributed by atoms with Crippen molar-refractivity contribution in [3.8, 4) is 5.88 Å². The Labute approximate surface area is 119 Å². The van der Waals surface area contributed by atoms with Gasteiger partial charge in [0.1, 0.15) is 11.5 Å². The van der Waals surface area contributed by atoms with Crippen LogP contribution in [0.2, 0.25) is 0 Å². The Hall–Kier alpha value is -1.92. The number of rotatable bonds is 5. The molecule has 0 aliphatic heterocycles. The van der Waals surface area contributed by atoms with Gasteiger partial charge in [0.05, 0.1) is 7.11 Å². The molecule has 0 saturated heterocycles. The van der Waals surface area contributed by atoms with Crippen LogP contribution in [0.5, 0.6) is 5.88 Å². The molecule has 0 saturated carbocycles. The molecule has 6 heteroatoms. The zero-order valence-corrected chi connectivity index (χ0v) is 11.8. The van der Waals surface area contributed by atoms with Gasteiger partial charge in [0.25, 0.3) is 0 Å². The number of nitrogens with one attached hydrogen (secondary N) is 1. The highest BCUT2D eigenvalue weighted by Gasteiger charge is 2.12. The van der Waals surface area contributed by atoms with E-state index in [4.69, 9.17) is 4.74 Å². The number of halogens is 1. The lowest BCUT2D eigenvalue weighted by atomic mass is 10.2. The Bertz CT molecular complexity index is 722. The van der Waals surface area contributed by atoms with Gasteiger partial charge in [0.2, 0.25) is 5.88 Å². The highest BCUT2D eigenvalue weighted by Crippen LogP contribution is 2.22. The lowest BCUT2D eigenvalue weighted by Crippen LogP contribution is -2.14. The molecule has 0 radical (unpaired) electrons. The molecule has 1 N–H and O–H groups in total. The Morgan fingerprint density at radius 3 is 3.10 bits per heavy atom. The molecule has 4 nitrogen and oxygen atoms in total. The Balaban J connectivity index is 1.72. The van der Waals surface area contributed by atoms with Crippen molar-refractivity contribution in [2.24, 2.45) is 0 Å². The van der Waals surface area contributed by atoms with Gasteiger partial charge in [0, 0.05) is 24.7 Å². The molecule has 0 atom stereocenters. The molecular weight excluding hydrogens is 277 g/mol. The van der Waals surface area contributed by atoms with Crippen LogP contribution >= 0.6 is 11.3 Å². The second-order valence-electron chi connectivity index (χ2n) is 4.36. The quantitative estimate of drug-likeness (QED) is 0.785. The van der Waals surface area contributed by atoms with E-state index < -0.39 is 0 Å². The van der Waals surface area contributed by atoms with E-state index >= 15 is 0 Å². The zero-order valence-electron chi connectivity index (χ0n) is 11.0. The van der Waals surface area contributed by atoms with Crippen LogP contribution in [0.4, 0.5) is 4.39 Å². The molecule has 0 fully saturated rings. The molecule has 2 aromatic heterocycles. The van der Waals surface area contributed by atoms with E-state index in [2.05, 4.69) is 10.3 Å². The highest BCUT2D eigenvalue weighted by atomic mass is 32.1. The maximum Gasteiger partial charge on any atom is 0.237 e. The fourth-order valence-corrected chi connectivity index (χ4v) is 2.83. The topological polar surface area (TPSA) is 38.6 Å². The number of thiazole rings is 1. The Kier molecular flexibility index (Phi) is 3.66. The third-order valence-corrected chi connectivity index (χ3v) is 3.78. The van der Waals surface area contributed by atoms with Gasteiger partial charge in [-0.25, -0.2) is 4.39 Å². The van der Waals surface area contributed by atoms with Crippen LogP contribution in [0.3, 0.4) is 0 Å². The van der Waals surface area contributed by atoms with Gasteiger partial charge in [-0.1, -0.05) is 12.1 Å². The minimum Gasteiger partial charge on any atom is -0.480 e. The number of hydrogen-bond acceptors (Lipinski definition) is 4. The van der Waals surface area contributed by atoms with Crippen LogP contribution in [0.15, 0.2) is 35.8 Å². The van der Waals surface area contributed by atoms with E-state index in [0.29, 0.717) is 19.0 Å². The Morgan fingerprint density at radius 2 is 2.30 bits per heavy atom. The third kappa shape index (κ3) is 2.52. The largest absolute Gasteiger partial charge is 0.480 e. The minimum absolute atomic E-state index is 0.216. The number of hydrogen-bond donors (Lipinski definition) is 1. The lowest BCUT2D eigenvalue weighted by molar-refractivity contribution is 0.393. The van der Waals surface area contributed by atoms with Crippen molar-refractivity contribution in [2.75, 3.05) is 7.11 Å². The molecule has 0 aliphatic carbocycles. The lowest BCUT2D eigenvalue weighted by Gasteiger charge is -2.06. The van der Waals surface area contributed by atoms with Gasteiger partial charge in [-0.2, -0.15) is 4.98 Å². The van der Waals surface area contributed by atoms with Crippen molar-refractivity contribution in [3.05, 3.63) is 52.9 Å². The molecular formula is C14H14FN3OS. The average molecular weight is 291 g/mol. The van der Waals surface area contributed by atoms with Gasteiger partial charge in [-0.3, -0.25) is 4.40 Å². The van der Waals surface area contributed by atoms with Crippen LogP contribution < -0.4 is 10.1 Å². The van der Waals surface area contributed by atoms with E-state index in [1.165, 1.54) is 12.1 Å². The molecule has 0 spiro atoms. The maximum atomic E-state index is 13.1. The summed E-state index contributed by atoms with van der Waals surface area (Å²) >= 11 is 1.56. The minimum atomic E-state index is -0.216. The molecule has 104 valence electrons.